The van der Waals surface area contributed by atoms with E-state index in [4.69, 9.17) is 9.47 Å². The van der Waals surface area contributed by atoms with Crippen LogP contribution in [-0.2, 0) is 32.3 Å². The minimum Gasteiger partial charge on any atom is -0.457 e. The number of carbonyl (C=O) groups is 2. The molecule has 0 radical (unpaired) electrons. The van der Waals surface area contributed by atoms with Gasteiger partial charge < -0.3 is 9.47 Å². The molecule has 4 heteroatoms. The average Bonchev–Trinajstić information content (AvgIpc) is 2.66. The number of esters is 2. The molecule has 26 heavy (non-hydrogen) atoms. The van der Waals surface area contributed by atoms with E-state index in [1.165, 1.54) is 0 Å². The summed E-state index contributed by atoms with van der Waals surface area (Å²) in [4.78, 5) is 22.0. The van der Waals surface area contributed by atoms with Gasteiger partial charge in [0.2, 0.25) is 0 Å². The summed E-state index contributed by atoms with van der Waals surface area (Å²) < 4.78 is 9.90. The molecule has 0 aliphatic heterocycles. The minimum absolute atomic E-state index is 0.312. The lowest BCUT2D eigenvalue weighted by molar-refractivity contribution is -0.141. The predicted molar refractivity (Wildman–Crippen MR) is 102 cm³/mol. The van der Waals surface area contributed by atoms with Crippen LogP contribution in [0.3, 0.4) is 0 Å². The van der Waals surface area contributed by atoms with Gasteiger partial charge in [0.25, 0.3) is 0 Å². The Morgan fingerprint density at radius 3 is 1.27 bits per heavy atom. The molecule has 0 amide bonds. The number of benzene rings is 2. The van der Waals surface area contributed by atoms with E-state index in [-0.39, 0.29) is 11.9 Å². The zero-order valence-corrected chi connectivity index (χ0v) is 15.2. The van der Waals surface area contributed by atoms with Crippen LogP contribution >= 0.6 is 0 Å². The fourth-order valence-electron chi connectivity index (χ4n) is 1.69. The molecular weight excluding hydrogens is 328 g/mol. The third kappa shape index (κ3) is 8.64. The summed E-state index contributed by atoms with van der Waals surface area (Å²) >= 11 is 0. The van der Waals surface area contributed by atoms with Gasteiger partial charge in [-0.1, -0.05) is 73.8 Å². The van der Waals surface area contributed by atoms with E-state index in [0.29, 0.717) is 24.4 Å². The predicted octanol–water partition coefficient (Wildman–Crippen LogP) is 4.61. The topological polar surface area (TPSA) is 52.6 Å². The van der Waals surface area contributed by atoms with Gasteiger partial charge >= 0.3 is 11.9 Å². The lowest BCUT2D eigenvalue weighted by atomic mass is 10.2. The smallest absolute Gasteiger partial charge is 0.333 e. The molecule has 0 heterocycles. The highest BCUT2D eigenvalue weighted by Gasteiger charge is 2.03. The van der Waals surface area contributed by atoms with Gasteiger partial charge in [-0.25, -0.2) is 9.59 Å². The number of carbonyl (C=O) groups excluding carboxylic acids is 2. The summed E-state index contributed by atoms with van der Waals surface area (Å²) in [5.41, 5.74) is 2.82. The van der Waals surface area contributed by atoms with Crippen molar-refractivity contribution in [2.45, 2.75) is 27.1 Å². The van der Waals surface area contributed by atoms with E-state index in [9.17, 15) is 9.59 Å². The first-order chi connectivity index (χ1) is 12.4. The Kier molecular flexibility index (Phi) is 9.18. The third-order valence-corrected chi connectivity index (χ3v) is 3.12. The molecule has 136 valence electrons. The molecule has 0 fully saturated rings. The first-order valence-electron chi connectivity index (χ1n) is 8.13. The van der Waals surface area contributed by atoms with Crippen LogP contribution in [0.15, 0.2) is 85.0 Å². The Morgan fingerprint density at radius 2 is 1.00 bits per heavy atom. The SMILES string of the molecule is C=C(C)C(=O)OCc1ccccc1.C=C(C)C(=O)OCc1ccccc1. The van der Waals surface area contributed by atoms with E-state index in [1.54, 1.807) is 13.8 Å². The zero-order valence-electron chi connectivity index (χ0n) is 15.2. The Balaban J connectivity index is 0.000000260. The van der Waals surface area contributed by atoms with Crippen molar-refractivity contribution in [2.24, 2.45) is 0 Å². The monoisotopic (exact) mass is 352 g/mol. The summed E-state index contributed by atoms with van der Waals surface area (Å²) in [6.45, 7) is 10.9. The van der Waals surface area contributed by atoms with Crippen LogP contribution in [0.1, 0.15) is 25.0 Å². The number of ether oxygens (including phenoxy) is 2. The maximum absolute atomic E-state index is 11.0. The highest BCUT2D eigenvalue weighted by molar-refractivity contribution is 5.87. The molecular formula is C22H24O4. The normalized spacial score (nSPS) is 9.31. The Labute approximate surface area is 154 Å². The van der Waals surface area contributed by atoms with Gasteiger partial charge in [-0.3, -0.25) is 0 Å². The van der Waals surface area contributed by atoms with Crippen LogP contribution in [0, 0.1) is 0 Å². The molecule has 0 aliphatic rings. The molecule has 2 rings (SSSR count). The zero-order chi connectivity index (χ0) is 19.4. The maximum atomic E-state index is 11.0. The second-order valence-corrected chi connectivity index (χ2v) is 5.68. The average molecular weight is 352 g/mol. The van der Waals surface area contributed by atoms with E-state index >= 15 is 0 Å². The molecule has 0 unspecified atom stereocenters. The second-order valence-electron chi connectivity index (χ2n) is 5.68. The highest BCUT2D eigenvalue weighted by Crippen LogP contribution is 2.03. The first-order valence-corrected chi connectivity index (χ1v) is 8.13. The Bertz CT molecular complexity index is 668. The van der Waals surface area contributed by atoms with Crippen LogP contribution < -0.4 is 0 Å². The van der Waals surface area contributed by atoms with Crippen LogP contribution in [0.4, 0.5) is 0 Å². The molecule has 0 atom stereocenters. The van der Waals surface area contributed by atoms with E-state index in [2.05, 4.69) is 13.2 Å². The largest absolute Gasteiger partial charge is 0.457 e. The van der Waals surface area contributed by atoms with Gasteiger partial charge in [0, 0.05) is 11.1 Å². The quantitative estimate of drug-likeness (QED) is 0.563. The highest BCUT2D eigenvalue weighted by atomic mass is 16.5. The van der Waals surface area contributed by atoms with Crippen LogP contribution in [0.5, 0.6) is 0 Å². The number of hydrogen-bond acceptors (Lipinski definition) is 4. The molecule has 2 aromatic carbocycles. The van der Waals surface area contributed by atoms with Crippen LogP contribution in [0.2, 0.25) is 0 Å². The van der Waals surface area contributed by atoms with Crippen molar-refractivity contribution in [2.75, 3.05) is 0 Å². The molecule has 0 aromatic heterocycles. The minimum atomic E-state index is -0.344. The number of rotatable bonds is 6. The molecule has 0 saturated heterocycles. The van der Waals surface area contributed by atoms with Crippen LogP contribution in [-0.4, -0.2) is 11.9 Å². The van der Waals surface area contributed by atoms with Crippen molar-refractivity contribution in [1.82, 2.24) is 0 Å². The Hall–Kier alpha value is -3.14. The summed E-state index contributed by atoms with van der Waals surface area (Å²) in [6, 6.07) is 19.1. The van der Waals surface area contributed by atoms with Crippen LogP contribution in [0.25, 0.3) is 0 Å². The summed E-state index contributed by atoms with van der Waals surface area (Å²) in [6.07, 6.45) is 0. The maximum Gasteiger partial charge on any atom is 0.333 e. The van der Waals surface area contributed by atoms with Gasteiger partial charge in [-0.15, -0.1) is 0 Å². The number of hydrogen-bond donors (Lipinski definition) is 0. The summed E-state index contributed by atoms with van der Waals surface area (Å²) in [7, 11) is 0. The van der Waals surface area contributed by atoms with E-state index < -0.39 is 0 Å². The van der Waals surface area contributed by atoms with Gasteiger partial charge in [0.15, 0.2) is 0 Å². The molecule has 0 N–H and O–H groups in total. The molecule has 2 aromatic rings. The van der Waals surface area contributed by atoms with E-state index in [0.717, 1.165) is 11.1 Å². The fourth-order valence-corrected chi connectivity index (χ4v) is 1.69. The lowest BCUT2D eigenvalue weighted by Crippen LogP contribution is -2.04. The molecule has 4 nitrogen and oxygen atoms in total. The summed E-state index contributed by atoms with van der Waals surface area (Å²) in [5, 5.41) is 0. The second kappa shape index (κ2) is 11.4. The van der Waals surface area contributed by atoms with Gasteiger partial charge in [0.05, 0.1) is 0 Å². The Morgan fingerprint density at radius 1 is 0.692 bits per heavy atom. The van der Waals surface area contributed by atoms with Gasteiger partial charge in [-0.05, 0) is 25.0 Å². The summed E-state index contributed by atoms with van der Waals surface area (Å²) in [5.74, 6) is -0.687. The third-order valence-electron chi connectivity index (χ3n) is 3.12. The standard InChI is InChI=1S/2C11H12O2/c2*1-9(2)11(12)13-8-10-6-4-3-5-7-10/h2*3-7H,1,8H2,2H3. The van der Waals surface area contributed by atoms with Crippen molar-refractivity contribution in [3.8, 4) is 0 Å². The fraction of sp³-hybridized carbons (Fsp3) is 0.182. The lowest BCUT2D eigenvalue weighted by Gasteiger charge is -2.03. The van der Waals surface area contributed by atoms with Crippen molar-refractivity contribution >= 4 is 11.9 Å². The van der Waals surface area contributed by atoms with Gasteiger partial charge in [0.1, 0.15) is 13.2 Å². The van der Waals surface area contributed by atoms with Crippen molar-refractivity contribution in [1.29, 1.82) is 0 Å². The van der Waals surface area contributed by atoms with Crippen molar-refractivity contribution in [3.63, 3.8) is 0 Å². The molecule has 0 spiro atoms. The molecule has 0 saturated carbocycles. The van der Waals surface area contributed by atoms with Gasteiger partial charge in [-0.2, -0.15) is 0 Å². The van der Waals surface area contributed by atoms with Crippen molar-refractivity contribution < 1.29 is 19.1 Å². The molecule has 0 bridgehead atoms. The van der Waals surface area contributed by atoms with Crippen molar-refractivity contribution in [3.05, 3.63) is 96.1 Å². The van der Waals surface area contributed by atoms with E-state index in [1.807, 2.05) is 60.7 Å². The first kappa shape index (κ1) is 20.9. The molecule has 0 aliphatic carbocycles.